The summed E-state index contributed by atoms with van der Waals surface area (Å²) in [5.74, 6) is 0.621. The van der Waals surface area contributed by atoms with E-state index in [4.69, 9.17) is 36.1 Å². The maximum Gasteiger partial charge on any atom is 0.268 e. The molecule has 0 saturated heterocycles. The molecule has 0 bridgehead atoms. The lowest BCUT2D eigenvalue weighted by molar-refractivity contribution is 0.0967. The number of nitrogens with one attached hydrogen (secondary N) is 1. The molecule has 408 valence electrons. The zero-order valence-corrected chi connectivity index (χ0v) is 47.3. The van der Waals surface area contributed by atoms with Gasteiger partial charge in [0.1, 0.15) is 34.4 Å². The Morgan fingerprint density at radius 3 is 1.32 bits per heavy atom. The Morgan fingerprint density at radius 1 is 0.541 bits per heavy atom. The van der Waals surface area contributed by atoms with Gasteiger partial charge >= 0.3 is 0 Å². The van der Waals surface area contributed by atoms with Crippen LogP contribution in [0.15, 0.2) is 81.6 Å². The minimum absolute atomic E-state index is 0. The minimum Gasteiger partial charge on any atom is -0.492 e. The van der Waals surface area contributed by atoms with Gasteiger partial charge in [-0.15, -0.1) is 4.40 Å². The number of benzene rings is 4. The topological polar surface area (TPSA) is 323 Å². The summed E-state index contributed by atoms with van der Waals surface area (Å²) in [7, 11) is -10.4. The number of carbonyl (C=O) groups excluding carboxylic acids is 2. The molecule has 0 saturated carbocycles. The van der Waals surface area contributed by atoms with Gasteiger partial charge in [-0.3, -0.25) is 9.59 Å². The number of nitrogens with zero attached hydrogens (tertiary/aromatic N) is 2. The Kier molecular flexibility index (Phi) is 20.1. The first-order chi connectivity index (χ1) is 33.3. The van der Waals surface area contributed by atoms with Crippen molar-refractivity contribution in [1.82, 2.24) is 10.9 Å². The van der Waals surface area contributed by atoms with E-state index in [0.29, 0.717) is 83.1 Å². The predicted octanol–water partition coefficient (Wildman–Crippen LogP) is 8.06. The highest BCUT2D eigenvalue weighted by Gasteiger charge is 2.31. The lowest BCUT2D eigenvalue weighted by Gasteiger charge is -2.23. The third-order valence-corrected chi connectivity index (χ3v) is 13.5. The van der Waals surface area contributed by atoms with Crippen molar-refractivity contribution in [2.45, 2.75) is 107 Å². The number of carbonyl (C=O) groups is 2. The molecule has 0 radical (unpaired) electrons. The number of nitrogens with two attached hydrogens (primary N) is 3. The number of hydrogen-bond acceptors (Lipinski definition) is 15. The van der Waals surface area contributed by atoms with Crippen molar-refractivity contribution in [3.8, 4) is 23.0 Å². The largest absolute Gasteiger partial charge is 0.492 e. The Bertz CT molecular complexity index is 2970. The fourth-order valence-corrected chi connectivity index (χ4v) is 10.3. The maximum absolute atomic E-state index is 11.9. The van der Waals surface area contributed by atoms with E-state index in [1.165, 1.54) is 0 Å². The molecule has 4 aromatic carbocycles. The summed E-state index contributed by atoms with van der Waals surface area (Å²) in [4.78, 5) is 23.1. The van der Waals surface area contributed by atoms with Crippen LogP contribution < -0.4 is 47.0 Å². The summed E-state index contributed by atoms with van der Waals surface area (Å²) in [5, 5.41) is 0. The minimum atomic E-state index is -3.56. The number of anilines is 1. The number of fused-ring (bicyclic) bond motifs is 3. The molecular formula is C52H75N7O12S3. The van der Waals surface area contributed by atoms with Crippen LogP contribution in [0, 0.1) is 21.7 Å². The van der Waals surface area contributed by atoms with Crippen molar-refractivity contribution in [2.75, 3.05) is 32.2 Å². The molecule has 10 N–H and O–H groups in total. The second kappa shape index (κ2) is 24.0. The van der Waals surface area contributed by atoms with Crippen LogP contribution in [0.25, 0.3) is 0 Å². The summed E-state index contributed by atoms with van der Waals surface area (Å²) in [5.41, 5.74) is 21.5. The second-order valence-corrected chi connectivity index (χ2v) is 27.6. The average Bonchev–Trinajstić information content (AvgIpc) is 3.21. The van der Waals surface area contributed by atoms with Gasteiger partial charge < -0.3 is 42.3 Å². The number of ether oxygens (including phenoxy) is 4. The van der Waals surface area contributed by atoms with E-state index < -0.39 is 41.9 Å². The third-order valence-electron chi connectivity index (χ3n) is 9.91. The summed E-state index contributed by atoms with van der Waals surface area (Å²) in [6.07, 6.45) is 0. The number of primary amides is 1. The van der Waals surface area contributed by atoms with Gasteiger partial charge in [0.25, 0.3) is 31.9 Å². The van der Waals surface area contributed by atoms with Crippen molar-refractivity contribution in [1.29, 1.82) is 0 Å². The van der Waals surface area contributed by atoms with Gasteiger partial charge in [0.05, 0.1) is 60.5 Å². The van der Waals surface area contributed by atoms with Crippen molar-refractivity contribution in [3.63, 3.8) is 0 Å². The molecule has 3 heterocycles. The number of amidine groups is 1. The van der Waals surface area contributed by atoms with Crippen molar-refractivity contribution < 1.29 is 53.8 Å². The van der Waals surface area contributed by atoms with Crippen LogP contribution in [0.2, 0.25) is 0 Å². The zero-order chi connectivity index (χ0) is 55.1. The highest BCUT2D eigenvalue weighted by atomic mass is 32.2. The smallest absolute Gasteiger partial charge is 0.268 e. The number of amides is 2. The molecule has 0 fully saturated rings. The summed E-state index contributed by atoms with van der Waals surface area (Å²) >= 11 is 0. The molecule has 7 rings (SSSR count). The average molecular weight is 1090 g/mol. The van der Waals surface area contributed by atoms with Gasteiger partial charge in [-0.2, -0.15) is 4.40 Å². The van der Waals surface area contributed by atoms with Gasteiger partial charge in [0.2, 0.25) is 10.0 Å². The van der Waals surface area contributed by atoms with Gasteiger partial charge in [0.15, 0.2) is 0 Å². The van der Waals surface area contributed by atoms with Gasteiger partial charge in [-0.05, 0) is 75.6 Å². The van der Waals surface area contributed by atoms with Crippen LogP contribution in [0.4, 0.5) is 5.69 Å². The maximum atomic E-state index is 11.9. The lowest BCUT2D eigenvalue weighted by atomic mass is 9.98. The molecule has 2 amide bonds. The highest BCUT2D eigenvalue weighted by molar-refractivity contribution is 7.90. The molecule has 0 atom stereocenters. The first-order valence-electron chi connectivity index (χ1n) is 23.3. The number of hydrogen-bond donors (Lipinski definition) is 5. The van der Waals surface area contributed by atoms with E-state index in [-0.39, 0.29) is 56.5 Å². The molecule has 0 unspecified atom stereocenters. The van der Waals surface area contributed by atoms with E-state index in [2.05, 4.69) is 50.3 Å². The fraction of sp³-hybridized carbons (Fsp3) is 0.462. The monoisotopic (exact) mass is 1090 g/mol. The summed E-state index contributed by atoms with van der Waals surface area (Å²) < 4.78 is 101. The van der Waals surface area contributed by atoms with E-state index in [0.717, 1.165) is 11.1 Å². The zero-order valence-electron chi connectivity index (χ0n) is 44.8. The SMILES string of the molecule is CC(C)(C)COc1cccc(N)c1C(N)=O.CC(C)(C)COc1cccc2c1C(=O)NS(=O)(=O)C2.CC(C)(C)COc1cccc2c1C(N)=NS(=O)(=O)C2.CC1=NS(=O)(=O)Cc2cccc(OCC(C)(C)C)c21.N. The first kappa shape index (κ1) is 62.1. The Hall–Kier alpha value is -6.23. The van der Waals surface area contributed by atoms with Crippen LogP contribution in [0.3, 0.4) is 0 Å². The highest BCUT2D eigenvalue weighted by Crippen LogP contribution is 2.33. The second-order valence-electron chi connectivity index (χ2n) is 22.6. The fourth-order valence-electron chi connectivity index (χ4n) is 6.86. The number of sulfonamides is 3. The Balaban J connectivity index is 0.000000260. The molecule has 74 heavy (non-hydrogen) atoms. The van der Waals surface area contributed by atoms with Gasteiger partial charge in [-0.25, -0.2) is 30.0 Å². The number of rotatable bonds is 9. The molecule has 0 spiro atoms. The van der Waals surface area contributed by atoms with Crippen molar-refractivity contribution >= 4 is 59.1 Å². The Labute approximate surface area is 437 Å². The molecule has 0 aliphatic carbocycles. The Morgan fingerprint density at radius 2 is 0.892 bits per heavy atom. The van der Waals surface area contributed by atoms with Crippen LogP contribution in [0.5, 0.6) is 23.0 Å². The quantitative estimate of drug-likeness (QED) is 0.0990. The van der Waals surface area contributed by atoms with E-state index >= 15 is 0 Å². The summed E-state index contributed by atoms with van der Waals surface area (Å²) in [6, 6.07) is 20.9. The van der Waals surface area contributed by atoms with Crippen LogP contribution in [-0.4, -0.2) is 75.0 Å². The predicted molar refractivity (Wildman–Crippen MR) is 292 cm³/mol. The molecule has 4 aromatic rings. The standard InChI is InChI=1S/C14H19NO3S.C13H18N2O3S.C13H17NO4S.C12H18N2O2.H3N/c1-10-13-11(8-19(16,17)15-10)6-5-7-12(13)18-9-14(2,3)4;1-13(2,3)8-18-10-6-4-5-9-7-19(16,17)15-12(14)11(9)10;1-13(2,3)8-18-10-6-4-5-9-7-19(16,17)14-12(15)11(9)10;1-12(2,3)7-16-9-6-4-5-8(13)10(9)11(14)15;/h5-7H,8-9H2,1-4H3;4-6H,7-8H2,1-3H3,(H2,14,15);4-6H,7-8H2,1-3H3,(H,14,15);4-6H,7,13H2,1-3H3,(H2,14,15);1H3. The molecule has 22 heteroatoms. The van der Waals surface area contributed by atoms with Crippen LogP contribution >= 0.6 is 0 Å². The molecule has 19 nitrogen and oxygen atoms in total. The lowest BCUT2D eigenvalue weighted by Crippen LogP contribution is -2.37. The normalized spacial score (nSPS) is 15.9. The van der Waals surface area contributed by atoms with Crippen molar-refractivity contribution in [2.24, 2.45) is 41.9 Å². The van der Waals surface area contributed by atoms with Gasteiger partial charge in [0, 0.05) is 11.3 Å². The van der Waals surface area contributed by atoms with Crippen molar-refractivity contribution in [3.05, 3.63) is 112 Å². The molecule has 0 aromatic heterocycles. The molecular weight excluding hydrogens is 1010 g/mol. The summed E-state index contributed by atoms with van der Waals surface area (Å²) in [6.45, 7) is 28.4. The third kappa shape index (κ3) is 19.2. The van der Waals surface area contributed by atoms with E-state index in [1.807, 2.05) is 64.5 Å². The van der Waals surface area contributed by atoms with E-state index in [9.17, 15) is 34.8 Å². The van der Waals surface area contributed by atoms with Gasteiger partial charge in [-0.1, -0.05) is 126 Å². The number of nitrogen functional groups attached to an aromatic ring is 1. The molecule has 3 aliphatic rings. The van der Waals surface area contributed by atoms with Crippen LogP contribution in [-0.2, 0) is 47.3 Å². The van der Waals surface area contributed by atoms with Crippen LogP contribution in [0.1, 0.15) is 139 Å². The van der Waals surface area contributed by atoms with E-state index in [1.54, 1.807) is 61.5 Å². The first-order valence-corrected chi connectivity index (χ1v) is 28.2. The molecule has 3 aliphatic heterocycles.